The second kappa shape index (κ2) is 6.16. The number of aliphatic hydroxyl groups is 1. The molecule has 0 bridgehead atoms. The van der Waals surface area contributed by atoms with E-state index in [9.17, 15) is 9.90 Å². The van der Waals surface area contributed by atoms with Crippen molar-refractivity contribution in [2.24, 2.45) is 0 Å². The molecule has 1 atom stereocenters. The third kappa shape index (κ3) is 3.27. The van der Waals surface area contributed by atoms with Gasteiger partial charge in [-0.3, -0.25) is 4.79 Å². The first-order valence-electron chi connectivity index (χ1n) is 7.86. The Labute approximate surface area is 125 Å². The fourth-order valence-corrected chi connectivity index (χ4v) is 3.30. The Morgan fingerprint density at radius 2 is 2.00 bits per heavy atom. The van der Waals surface area contributed by atoms with Gasteiger partial charge in [-0.15, -0.1) is 0 Å². The van der Waals surface area contributed by atoms with Gasteiger partial charge in [0.1, 0.15) is 0 Å². The Hall–Kier alpha value is -1.39. The maximum atomic E-state index is 12.3. The quantitative estimate of drug-likeness (QED) is 0.885. The molecule has 2 N–H and O–H groups in total. The molecule has 1 aliphatic carbocycles. The average molecular weight is 289 g/mol. The van der Waals surface area contributed by atoms with Crippen LogP contribution >= 0.6 is 0 Å². The number of rotatable bonds is 4. The van der Waals surface area contributed by atoms with Gasteiger partial charge < -0.3 is 15.2 Å². The second-order valence-electron chi connectivity index (χ2n) is 6.19. The summed E-state index contributed by atoms with van der Waals surface area (Å²) in [4.78, 5) is 12.3. The molecule has 4 heteroatoms. The van der Waals surface area contributed by atoms with Crippen LogP contribution in [0.5, 0.6) is 0 Å². The van der Waals surface area contributed by atoms with Crippen molar-refractivity contribution in [3.8, 4) is 0 Å². The van der Waals surface area contributed by atoms with Crippen LogP contribution in [-0.4, -0.2) is 35.9 Å². The van der Waals surface area contributed by atoms with Gasteiger partial charge in [-0.2, -0.15) is 0 Å². The summed E-state index contributed by atoms with van der Waals surface area (Å²) < 4.78 is 5.65. The molecule has 0 spiro atoms. The van der Waals surface area contributed by atoms with E-state index < -0.39 is 5.60 Å². The molecule has 1 fully saturated rings. The average Bonchev–Trinajstić information content (AvgIpc) is 2.86. The van der Waals surface area contributed by atoms with Gasteiger partial charge in [0.15, 0.2) is 5.60 Å². The molecule has 21 heavy (non-hydrogen) atoms. The van der Waals surface area contributed by atoms with Crippen LogP contribution in [0.4, 0.5) is 0 Å². The van der Waals surface area contributed by atoms with E-state index in [1.165, 1.54) is 6.42 Å². The van der Waals surface area contributed by atoms with Crippen molar-refractivity contribution in [2.45, 2.75) is 50.2 Å². The van der Waals surface area contributed by atoms with Crippen LogP contribution in [-0.2, 0) is 22.4 Å². The number of carbonyl (C=O) groups excluding carboxylic acids is 1. The number of nitrogens with one attached hydrogen (secondary N) is 1. The molecule has 0 radical (unpaired) electrons. The third-order valence-electron chi connectivity index (χ3n) is 4.53. The molecule has 2 aliphatic rings. The summed E-state index contributed by atoms with van der Waals surface area (Å²) in [5, 5.41) is 13.5. The number of amides is 1. The fourth-order valence-electron chi connectivity index (χ4n) is 3.30. The number of fused-ring (bicyclic) bond motifs is 1. The first-order valence-corrected chi connectivity index (χ1v) is 7.86. The lowest BCUT2D eigenvalue weighted by molar-refractivity contribution is -0.139. The maximum absolute atomic E-state index is 12.3. The van der Waals surface area contributed by atoms with Gasteiger partial charge >= 0.3 is 0 Å². The van der Waals surface area contributed by atoms with E-state index in [2.05, 4.69) is 5.32 Å². The zero-order chi connectivity index (χ0) is 14.7. The summed E-state index contributed by atoms with van der Waals surface area (Å²) in [6, 6.07) is 7.86. The molecule has 114 valence electrons. The smallest absolute Gasteiger partial charge is 0.252 e. The summed E-state index contributed by atoms with van der Waals surface area (Å²) in [6.07, 6.45) is 5.33. The molecule has 1 aromatic carbocycles. The molecule has 1 aliphatic heterocycles. The Morgan fingerprint density at radius 3 is 2.62 bits per heavy atom. The van der Waals surface area contributed by atoms with Crippen molar-refractivity contribution in [3.05, 3.63) is 35.4 Å². The predicted octanol–water partition coefficient (Wildman–Crippen LogP) is 1.59. The SMILES string of the molecule is O=C(NCC[C@@H]1CCCCO1)C1(O)Cc2ccccc2C1. The minimum atomic E-state index is -1.28. The number of hydrogen-bond donors (Lipinski definition) is 2. The lowest BCUT2D eigenvalue weighted by atomic mass is 9.99. The Bertz CT molecular complexity index is 484. The molecule has 1 amide bonds. The largest absolute Gasteiger partial charge is 0.379 e. The molecule has 1 heterocycles. The number of benzene rings is 1. The Morgan fingerprint density at radius 1 is 1.29 bits per heavy atom. The van der Waals surface area contributed by atoms with Gasteiger partial charge in [0.05, 0.1) is 6.10 Å². The van der Waals surface area contributed by atoms with E-state index in [0.717, 1.165) is 37.0 Å². The number of hydrogen-bond acceptors (Lipinski definition) is 3. The van der Waals surface area contributed by atoms with Crippen LogP contribution in [0.3, 0.4) is 0 Å². The minimum absolute atomic E-state index is 0.255. The van der Waals surface area contributed by atoms with E-state index in [1.54, 1.807) is 0 Å². The van der Waals surface area contributed by atoms with E-state index in [-0.39, 0.29) is 12.0 Å². The first kappa shape index (κ1) is 14.5. The number of carbonyl (C=O) groups is 1. The molecule has 0 aromatic heterocycles. The summed E-state index contributed by atoms with van der Waals surface area (Å²) in [5.41, 5.74) is 0.869. The standard InChI is InChI=1S/C17H23NO3/c19-16(18-9-8-15-7-3-4-10-21-15)17(20)11-13-5-1-2-6-14(13)12-17/h1-2,5-6,15,20H,3-4,7-12H2,(H,18,19)/t15-/m0/s1. The zero-order valence-corrected chi connectivity index (χ0v) is 12.3. The van der Waals surface area contributed by atoms with Crippen LogP contribution in [0.2, 0.25) is 0 Å². The lowest BCUT2D eigenvalue weighted by Crippen LogP contribution is -2.48. The molecule has 0 saturated carbocycles. The van der Waals surface area contributed by atoms with Crippen molar-refractivity contribution < 1.29 is 14.6 Å². The molecular formula is C17H23NO3. The molecule has 1 saturated heterocycles. The van der Waals surface area contributed by atoms with E-state index in [1.807, 2.05) is 24.3 Å². The normalized spacial score (nSPS) is 23.6. The second-order valence-corrected chi connectivity index (χ2v) is 6.19. The summed E-state index contributed by atoms with van der Waals surface area (Å²) >= 11 is 0. The van der Waals surface area contributed by atoms with Crippen molar-refractivity contribution in [2.75, 3.05) is 13.2 Å². The topological polar surface area (TPSA) is 58.6 Å². The maximum Gasteiger partial charge on any atom is 0.252 e. The van der Waals surface area contributed by atoms with Crippen molar-refractivity contribution >= 4 is 5.91 Å². The molecule has 1 aromatic rings. The van der Waals surface area contributed by atoms with Crippen LogP contribution in [0, 0.1) is 0 Å². The lowest BCUT2D eigenvalue weighted by Gasteiger charge is -2.24. The van der Waals surface area contributed by atoms with Gasteiger partial charge in [-0.25, -0.2) is 0 Å². The van der Waals surface area contributed by atoms with Crippen LogP contribution < -0.4 is 5.32 Å². The highest BCUT2D eigenvalue weighted by Gasteiger charge is 2.41. The molecule has 4 nitrogen and oxygen atoms in total. The van der Waals surface area contributed by atoms with Crippen molar-refractivity contribution in [3.63, 3.8) is 0 Å². The van der Waals surface area contributed by atoms with Crippen molar-refractivity contribution in [1.82, 2.24) is 5.32 Å². The van der Waals surface area contributed by atoms with Gasteiger partial charge in [-0.05, 0) is 36.8 Å². The number of ether oxygens (including phenoxy) is 1. The van der Waals surface area contributed by atoms with Gasteiger partial charge in [0.25, 0.3) is 5.91 Å². The Balaban J connectivity index is 1.49. The highest BCUT2D eigenvalue weighted by atomic mass is 16.5. The van der Waals surface area contributed by atoms with E-state index >= 15 is 0 Å². The molecule has 0 unspecified atom stereocenters. The van der Waals surface area contributed by atoms with E-state index in [0.29, 0.717) is 19.4 Å². The minimum Gasteiger partial charge on any atom is -0.379 e. The van der Waals surface area contributed by atoms with Crippen LogP contribution in [0.1, 0.15) is 36.8 Å². The van der Waals surface area contributed by atoms with Crippen LogP contribution in [0.25, 0.3) is 0 Å². The summed E-state index contributed by atoms with van der Waals surface area (Å²) in [5.74, 6) is -0.255. The highest BCUT2D eigenvalue weighted by molar-refractivity contribution is 5.86. The monoisotopic (exact) mass is 289 g/mol. The van der Waals surface area contributed by atoms with Crippen LogP contribution in [0.15, 0.2) is 24.3 Å². The molecular weight excluding hydrogens is 266 g/mol. The fraction of sp³-hybridized carbons (Fsp3) is 0.588. The van der Waals surface area contributed by atoms with Crippen molar-refractivity contribution in [1.29, 1.82) is 0 Å². The third-order valence-corrected chi connectivity index (χ3v) is 4.53. The van der Waals surface area contributed by atoms with E-state index in [4.69, 9.17) is 4.74 Å². The molecule has 3 rings (SSSR count). The van der Waals surface area contributed by atoms with Gasteiger partial charge in [0, 0.05) is 26.0 Å². The van der Waals surface area contributed by atoms with Gasteiger partial charge in [0.2, 0.25) is 0 Å². The zero-order valence-electron chi connectivity index (χ0n) is 12.3. The Kier molecular flexibility index (Phi) is 4.27. The first-order chi connectivity index (χ1) is 10.2. The highest BCUT2D eigenvalue weighted by Crippen LogP contribution is 2.30. The summed E-state index contributed by atoms with van der Waals surface area (Å²) in [6.45, 7) is 1.40. The summed E-state index contributed by atoms with van der Waals surface area (Å²) in [7, 11) is 0. The predicted molar refractivity (Wildman–Crippen MR) is 80.0 cm³/mol. The van der Waals surface area contributed by atoms with Gasteiger partial charge in [-0.1, -0.05) is 24.3 Å².